The van der Waals surface area contributed by atoms with Crippen molar-refractivity contribution in [2.45, 2.75) is 18.3 Å². The van der Waals surface area contributed by atoms with Gasteiger partial charge in [-0.25, -0.2) is 0 Å². The molecule has 2 amide bonds. The molecule has 1 saturated heterocycles. The van der Waals surface area contributed by atoms with Crippen molar-refractivity contribution < 1.29 is 14.7 Å². The summed E-state index contributed by atoms with van der Waals surface area (Å²) in [5.41, 5.74) is 1.93. The molecule has 1 atom stereocenters. The normalized spacial score (nSPS) is 18.0. The SMILES string of the molecule is O=C1NC(=O)C(Cc2ccc(-c3cccc(CO)c3)s2)S1. The number of hydrogen-bond acceptors (Lipinski definition) is 5. The minimum absolute atomic E-state index is 0.0209. The Morgan fingerprint density at radius 1 is 1.19 bits per heavy atom. The Balaban J connectivity index is 1.77. The summed E-state index contributed by atoms with van der Waals surface area (Å²) in [6.45, 7) is 0.0209. The van der Waals surface area contributed by atoms with Crippen LogP contribution in [0.1, 0.15) is 10.4 Å². The fraction of sp³-hybridized carbons (Fsp3) is 0.200. The van der Waals surface area contributed by atoms with Gasteiger partial charge < -0.3 is 5.11 Å². The Labute approximate surface area is 130 Å². The highest BCUT2D eigenvalue weighted by Crippen LogP contribution is 2.32. The fourth-order valence-electron chi connectivity index (χ4n) is 2.18. The van der Waals surface area contributed by atoms with Crippen LogP contribution in [0.15, 0.2) is 36.4 Å². The second-order valence-corrected chi connectivity index (χ2v) is 7.06. The third kappa shape index (κ3) is 3.18. The van der Waals surface area contributed by atoms with E-state index in [1.54, 1.807) is 11.3 Å². The molecule has 2 heterocycles. The number of hydrogen-bond donors (Lipinski definition) is 2. The van der Waals surface area contributed by atoms with Crippen LogP contribution in [0.2, 0.25) is 0 Å². The molecule has 0 radical (unpaired) electrons. The van der Waals surface area contributed by atoms with Crippen molar-refractivity contribution >= 4 is 34.2 Å². The number of rotatable bonds is 4. The first kappa shape index (κ1) is 14.3. The van der Waals surface area contributed by atoms with Crippen molar-refractivity contribution in [1.29, 1.82) is 0 Å². The summed E-state index contributed by atoms with van der Waals surface area (Å²) in [5.74, 6) is -0.206. The zero-order chi connectivity index (χ0) is 14.8. The van der Waals surface area contributed by atoms with Crippen molar-refractivity contribution in [2.75, 3.05) is 0 Å². The monoisotopic (exact) mass is 319 g/mol. The predicted octanol–water partition coefficient (Wildman–Crippen LogP) is 2.80. The van der Waals surface area contributed by atoms with Gasteiger partial charge in [0.2, 0.25) is 5.91 Å². The molecule has 0 saturated carbocycles. The summed E-state index contributed by atoms with van der Waals surface area (Å²) in [5, 5.41) is 10.9. The highest BCUT2D eigenvalue weighted by Gasteiger charge is 2.31. The summed E-state index contributed by atoms with van der Waals surface area (Å²) in [6, 6.07) is 11.7. The second kappa shape index (κ2) is 6.01. The van der Waals surface area contributed by atoms with Crippen LogP contribution in [0.5, 0.6) is 0 Å². The average Bonchev–Trinajstić information content (AvgIpc) is 3.06. The van der Waals surface area contributed by atoms with Gasteiger partial charge in [-0.05, 0) is 29.3 Å². The molecule has 0 spiro atoms. The molecule has 0 bridgehead atoms. The van der Waals surface area contributed by atoms with Gasteiger partial charge in [-0.1, -0.05) is 30.0 Å². The fourth-order valence-corrected chi connectivity index (χ4v) is 4.18. The minimum atomic E-state index is -0.326. The third-order valence-electron chi connectivity index (χ3n) is 3.21. The standard InChI is InChI=1S/C15H13NO3S2/c17-8-9-2-1-3-10(6-9)12-5-4-11(20-12)7-13-14(18)16-15(19)21-13/h1-6,13,17H,7-8H2,(H,16,18,19). The van der Waals surface area contributed by atoms with Crippen LogP contribution in [0.4, 0.5) is 4.79 Å². The lowest BCUT2D eigenvalue weighted by atomic mass is 10.1. The molecule has 1 fully saturated rings. The Kier molecular flexibility index (Phi) is 4.10. The lowest BCUT2D eigenvalue weighted by Gasteiger charge is -2.02. The molecule has 2 N–H and O–H groups in total. The number of thioether (sulfide) groups is 1. The maximum Gasteiger partial charge on any atom is 0.286 e. The highest BCUT2D eigenvalue weighted by atomic mass is 32.2. The minimum Gasteiger partial charge on any atom is -0.392 e. The van der Waals surface area contributed by atoms with Crippen molar-refractivity contribution in [2.24, 2.45) is 0 Å². The van der Waals surface area contributed by atoms with Gasteiger partial charge in [0.05, 0.1) is 11.9 Å². The third-order valence-corrected chi connectivity index (χ3v) is 5.35. The molecule has 1 aromatic carbocycles. The van der Waals surface area contributed by atoms with Gasteiger partial charge in [0.15, 0.2) is 0 Å². The van der Waals surface area contributed by atoms with Crippen LogP contribution in [0.3, 0.4) is 0 Å². The first-order valence-corrected chi connectivity index (χ1v) is 8.15. The van der Waals surface area contributed by atoms with E-state index in [9.17, 15) is 14.7 Å². The highest BCUT2D eigenvalue weighted by molar-refractivity contribution is 8.15. The molecule has 1 aliphatic rings. The van der Waals surface area contributed by atoms with Crippen LogP contribution in [0.25, 0.3) is 10.4 Å². The Morgan fingerprint density at radius 2 is 2.05 bits per heavy atom. The maximum absolute atomic E-state index is 11.6. The number of carbonyl (C=O) groups excluding carboxylic acids is 2. The van der Waals surface area contributed by atoms with E-state index < -0.39 is 0 Å². The van der Waals surface area contributed by atoms with Crippen LogP contribution in [-0.4, -0.2) is 21.5 Å². The number of benzene rings is 1. The number of carbonyl (C=O) groups is 2. The molecular weight excluding hydrogens is 306 g/mol. The predicted molar refractivity (Wildman–Crippen MR) is 84.3 cm³/mol. The molecule has 21 heavy (non-hydrogen) atoms. The number of nitrogens with one attached hydrogen (secondary N) is 1. The van der Waals surface area contributed by atoms with Crippen LogP contribution in [0, 0.1) is 0 Å². The van der Waals surface area contributed by atoms with E-state index in [-0.39, 0.29) is 23.0 Å². The molecule has 1 aliphatic heterocycles. The van der Waals surface area contributed by atoms with Gasteiger partial charge in [0.25, 0.3) is 5.24 Å². The Morgan fingerprint density at radius 3 is 2.76 bits per heavy atom. The number of amides is 2. The average molecular weight is 319 g/mol. The van der Waals surface area contributed by atoms with Crippen molar-refractivity contribution in [3.05, 3.63) is 46.8 Å². The van der Waals surface area contributed by atoms with Gasteiger partial charge in [-0.3, -0.25) is 14.9 Å². The number of thiophene rings is 1. The van der Waals surface area contributed by atoms with Crippen molar-refractivity contribution in [3.63, 3.8) is 0 Å². The summed E-state index contributed by atoms with van der Waals surface area (Å²) in [6.07, 6.45) is 0.562. The smallest absolute Gasteiger partial charge is 0.286 e. The van der Waals surface area contributed by atoms with E-state index in [4.69, 9.17) is 0 Å². The van der Waals surface area contributed by atoms with Crippen molar-refractivity contribution in [3.8, 4) is 10.4 Å². The second-order valence-electron chi connectivity index (χ2n) is 4.71. The summed E-state index contributed by atoms with van der Waals surface area (Å²) in [4.78, 5) is 24.9. The lowest BCUT2D eigenvalue weighted by molar-refractivity contribution is -0.118. The van der Waals surface area contributed by atoms with E-state index in [0.717, 1.165) is 32.6 Å². The van der Waals surface area contributed by atoms with Crippen LogP contribution in [-0.2, 0) is 17.8 Å². The van der Waals surface area contributed by atoms with Gasteiger partial charge in [-0.2, -0.15) is 0 Å². The van der Waals surface area contributed by atoms with E-state index >= 15 is 0 Å². The molecule has 0 aliphatic carbocycles. The topological polar surface area (TPSA) is 66.4 Å². The lowest BCUT2D eigenvalue weighted by Crippen LogP contribution is -2.25. The summed E-state index contributed by atoms with van der Waals surface area (Å²) in [7, 11) is 0. The first-order valence-electron chi connectivity index (χ1n) is 6.46. The molecule has 2 aromatic rings. The van der Waals surface area contributed by atoms with E-state index in [2.05, 4.69) is 5.32 Å². The van der Waals surface area contributed by atoms with Crippen molar-refractivity contribution in [1.82, 2.24) is 5.32 Å². The van der Waals surface area contributed by atoms with Gasteiger partial charge in [0, 0.05) is 16.2 Å². The molecule has 1 unspecified atom stereocenters. The molecule has 108 valence electrons. The largest absolute Gasteiger partial charge is 0.392 e. The van der Waals surface area contributed by atoms with Crippen LogP contribution >= 0.6 is 23.1 Å². The van der Waals surface area contributed by atoms with Gasteiger partial charge in [-0.15, -0.1) is 11.3 Å². The molecule has 6 heteroatoms. The number of imide groups is 1. The van der Waals surface area contributed by atoms with E-state index in [1.807, 2.05) is 36.4 Å². The Hall–Kier alpha value is -1.63. The number of aliphatic hydroxyl groups is 1. The van der Waals surface area contributed by atoms with E-state index in [1.165, 1.54) is 0 Å². The summed E-state index contributed by atoms with van der Waals surface area (Å²) < 4.78 is 0. The van der Waals surface area contributed by atoms with E-state index in [0.29, 0.717) is 6.42 Å². The number of aliphatic hydroxyl groups excluding tert-OH is 1. The maximum atomic E-state index is 11.6. The zero-order valence-corrected chi connectivity index (χ0v) is 12.7. The quantitative estimate of drug-likeness (QED) is 0.909. The Bertz CT molecular complexity index is 696. The summed E-state index contributed by atoms with van der Waals surface area (Å²) >= 11 is 2.66. The molecular formula is C15H13NO3S2. The van der Waals surface area contributed by atoms with Gasteiger partial charge in [0.1, 0.15) is 0 Å². The van der Waals surface area contributed by atoms with Gasteiger partial charge >= 0.3 is 0 Å². The van der Waals surface area contributed by atoms with Crippen LogP contribution < -0.4 is 5.32 Å². The molecule has 1 aromatic heterocycles. The molecule has 3 rings (SSSR count). The first-order chi connectivity index (χ1) is 10.2. The zero-order valence-electron chi connectivity index (χ0n) is 11.0. The molecule has 4 nitrogen and oxygen atoms in total.